The van der Waals surface area contributed by atoms with Crippen LogP contribution in [-0.4, -0.2) is 23.3 Å². The predicted molar refractivity (Wildman–Crippen MR) is 92.2 cm³/mol. The average molecular weight is 396 g/mol. The Labute approximate surface area is 152 Å². The molecule has 1 heterocycles. The Morgan fingerprint density at radius 3 is 2.33 bits per heavy atom. The summed E-state index contributed by atoms with van der Waals surface area (Å²) in [6.45, 7) is -0.450. The summed E-state index contributed by atoms with van der Waals surface area (Å²) in [5.41, 5.74) is 5.84. The molecule has 12 heteroatoms. The summed E-state index contributed by atoms with van der Waals surface area (Å²) in [6.07, 6.45) is 0. The number of halogens is 2. The zero-order valence-corrected chi connectivity index (χ0v) is 14.5. The van der Waals surface area contributed by atoms with Gasteiger partial charge in [0.2, 0.25) is 10.0 Å². The Morgan fingerprint density at radius 1 is 1.11 bits per heavy atom. The Morgan fingerprint density at radius 2 is 1.74 bits per heavy atom. The molecule has 3 aromatic rings. The fourth-order valence-corrected chi connectivity index (χ4v) is 2.63. The molecule has 0 aliphatic heterocycles. The fourth-order valence-electron chi connectivity index (χ4n) is 2.11. The fraction of sp³-hybridized carbons (Fsp3) is 0.0667. The van der Waals surface area contributed by atoms with Gasteiger partial charge in [-0.15, -0.1) is 0 Å². The zero-order chi connectivity index (χ0) is 19.6. The summed E-state index contributed by atoms with van der Waals surface area (Å²) in [5.74, 6) is -1.65. The van der Waals surface area contributed by atoms with Crippen molar-refractivity contribution in [3.05, 3.63) is 59.7 Å². The number of hydrogen-bond donors (Lipinski definition) is 3. The number of nitrogens with zero attached hydrogens (tertiary/aromatic N) is 3. The van der Waals surface area contributed by atoms with Crippen molar-refractivity contribution in [3.8, 4) is 0 Å². The minimum absolute atomic E-state index is 0.0323. The molecule has 0 saturated carbocycles. The minimum Gasteiger partial charge on any atom is -0.389 e. The number of aromatic nitrogens is 3. The molecule has 0 radical (unpaired) electrons. The molecule has 0 saturated heterocycles. The number of anilines is 3. The van der Waals surface area contributed by atoms with E-state index < -0.39 is 28.3 Å². The van der Waals surface area contributed by atoms with Crippen molar-refractivity contribution in [2.24, 2.45) is 5.14 Å². The highest BCUT2D eigenvalue weighted by Gasteiger charge is 2.13. The number of nitrogens with two attached hydrogens (primary N) is 2. The molecular formula is C15H14F2N6O3S. The number of primary sulfonamides is 1. The molecule has 0 aliphatic carbocycles. The standard InChI is InChI=1S/C15H14F2N6O3S/c16-12-2-1-3-13(17)11(12)8-26-23-14(18)21-15(22-23)20-9-4-6-10(7-5-9)27(19,24)25/h1-7H,8H2,(H2,19,24,25)(H3,18,20,21,22). The van der Waals surface area contributed by atoms with Crippen LogP contribution in [0.3, 0.4) is 0 Å². The van der Waals surface area contributed by atoms with Crippen LogP contribution >= 0.6 is 0 Å². The molecule has 1 aromatic heterocycles. The van der Waals surface area contributed by atoms with Crippen LogP contribution in [0, 0.1) is 11.6 Å². The summed E-state index contributed by atoms with van der Waals surface area (Å²) >= 11 is 0. The van der Waals surface area contributed by atoms with Crippen LogP contribution in [0.2, 0.25) is 0 Å². The highest BCUT2D eigenvalue weighted by molar-refractivity contribution is 7.89. The average Bonchev–Trinajstić information content (AvgIpc) is 2.93. The highest BCUT2D eigenvalue weighted by Crippen LogP contribution is 2.17. The first-order chi connectivity index (χ1) is 12.7. The van der Waals surface area contributed by atoms with Gasteiger partial charge in [-0.1, -0.05) is 16.0 Å². The first-order valence-corrected chi connectivity index (χ1v) is 8.97. The van der Waals surface area contributed by atoms with Crippen molar-refractivity contribution in [2.75, 3.05) is 11.1 Å². The molecule has 0 atom stereocenters. The van der Waals surface area contributed by atoms with E-state index in [9.17, 15) is 17.2 Å². The normalized spacial score (nSPS) is 11.4. The Balaban J connectivity index is 1.71. The van der Waals surface area contributed by atoms with Gasteiger partial charge in [-0.05, 0) is 36.4 Å². The summed E-state index contributed by atoms with van der Waals surface area (Å²) in [7, 11) is -3.80. The quantitative estimate of drug-likeness (QED) is 0.568. The third-order valence-electron chi connectivity index (χ3n) is 3.43. The van der Waals surface area contributed by atoms with E-state index in [1.807, 2.05) is 0 Å². The van der Waals surface area contributed by atoms with Gasteiger partial charge in [0.15, 0.2) is 0 Å². The van der Waals surface area contributed by atoms with Crippen LogP contribution in [-0.2, 0) is 16.6 Å². The molecule has 3 rings (SSSR count). The van der Waals surface area contributed by atoms with Gasteiger partial charge >= 0.3 is 0 Å². The lowest BCUT2D eigenvalue weighted by Gasteiger charge is -2.07. The number of rotatable bonds is 6. The molecule has 0 spiro atoms. The molecule has 0 fully saturated rings. The molecule has 0 unspecified atom stereocenters. The molecule has 27 heavy (non-hydrogen) atoms. The van der Waals surface area contributed by atoms with Crippen LogP contribution in [0.4, 0.5) is 26.4 Å². The minimum atomic E-state index is -3.80. The van der Waals surface area contributed by atoms with Crippen LogP contribution in [0.15, 0.2) is 47.4 Å². The van der Waals surface area contributed by atoms with E-state index in [2.05, 4.69) is 15.4 Å². The second-order valence-corrected chi connectivity index (χ2v) is 6.90. The Kier molecular flexibility index (Phi) is 4.92. The van der Waals surface area contributed by atoms with Crippen molar-refractivity contribution in [1.29, 1.82) is 0 Å². The Bertz CT molecular complexity index is 1050. The maximum Gasteiger partial charge on any atom is 0.259 e. The lowest BCUT2D eigenvalue weighted by Crippen LogP contribution is -2.17. The maximum atomic E-state index is 13.6. The molecule has 0 amide bonds. The van der Waals surface area contributed by atoms with E-state index in [-0.39, 0.29) is 22.4 Å². The van der Waals surface area contributed by atoms with Gasteiger partial charge in [0.1, 0.15) is 18.2 Å². The van der Waals surface area contributed by atoms with Gasteiger partial charge in [0, 0.05) is 5.69 Å². The molecule has 0 aliphatic rings. The monoisotopic (exact) mass is 396 g/mol. The van der Waals surface area contributed by atoms with Gasteiger partial charge in [-0.3, -0.25) is 0 Å². The molecule has 0 bridgehead atoms. The first kappa shape index (κ1) is 18.5. The third kappa shape index (κ3) is 4.30. The summed E-state index contributed by atoms with van der Waals surface area (Å²) in [5, 5.41) is 11.7. The second kappa shape index (κ2) is 7.17. The van der Waals surface area contributed by atoms with Crippen LogP contribution < -0.4 is 21.0 Å². The van der Waals surface area contributed by atoms with Crippen LogP contribution in [0.1, 0.15) is 5.56 Å². The second-order valence-electron chi connectivity index (χ2n) is 5.33. The topological polar surface area (TPSA) is 138 Å². The van der Waals surface area contributed by atoms with Crippen LogP contribution in [0.25, 0.3) is 0 Å². The number of benzene rings is 2. The SMILES string of the molecule is Nc1nc(Nc2ccc(S(N)(=O)=O)cc2)nn1OCc1c(F)cccc1F. The lowest BCUT2D eigenvalue weighted by molar-refractivity contribution is 0.0712. The molecule has 5 N–H and O–H groups in total. The van der Waals surface area contributed by atoms with Gasteiger partial charge in [-0.2, -0.15) is 4.98 Å². The smallest absolute Gasteiger partial charge is 0.259 e. The summed E-state index contributed by atoms with van der Waals surface area (Å²) < 4.78 is 49.7. The number of nitrogens with one attached hydrogen (secondary N) is 1. The van der Waals surface area contributed by atoms with E-state index in [1.54, 1.807) is 0 Å². The number of nitrogen functional groups attached to an aromatic ring is 1. The molecule has 2 aromatic carbocycles. The molecule has 142 valence electrons. The van der Waals surface area contributed by atoms with E-state index in [0.717, 1.165) is 17.0 Å². The van der Waals surface area contributed by atoms with E-state index in [0.29, 0.717) is 5.69 Å². The van der Waals surface area contributed by atoms with Crippen molar-refractivity contribution in [2.45, 2.75) is 11.5 Å². The first-order valence-electron chi connectivity index (χ1n) is 7.42. The summed E-state index contributed by atoms with van der Waals surface area (Å²) in [4.78, 5) is 9.82. The largest absolute Gasteiger partial charge is 0.389 e. The lowest BCUT2D eigenvalue weighted by atomic mass is 10.2. The van der Waals surface area contributed by atoms with Crippen molar-refractivity contribution < 1.29 is 22.0 Å². The molecular weight excluding hydrogens is 382 g/mol. The van der Waals surface area contributed by atoms with Gasteiger partial charge in [0.05, 0.1) is 10.5 Å². The predicted octanol–water partition coefficient (Wildman–Crippen LogP) is 1.16. The van der Waals surface area contributed by atoms with Gasteiger partial charge in [0.25, 0.3) is 11.9 Å². The summed E-state index contributed by atoms with van der Waals surface area (Å²) in [6, 6.07) is 8.94. The van der Waals surface area contributed by atoms with Crippen molar-refractivity contribution in [1.82, 2.24) is 14.9 Å². The maximum absolute atomic E-state index is 13.6. The third-order valence-corrected chi connectivity index (χ3v) is 4.36. The zero-order valence-electron chi connectivity index (χ0n) is 13.6. The van der Waals surface area contributed by atoms with Gasteiger partial charge < -0.3 is 15.9 Å². The van der Waals surface area contributed by atoms with Crippen LogP contribution in [0.5, 0.6) is 0 Å². The van der Waals surface area contributed by atoms with Crippen molar-refractivity contribution in [3.63, 3.8) is 0 Å². The van der Waals surface area contributed by atoms with E-state index in [4.69, 9.17) is 15.7 Å². The highest BCUT2D eigenvalue weighted by atomic mass is 32.2. The van der Waals surface area contributed by atoms with Crippen molar-refractivity contribution >= 4 is 27.6 Å². The van der Waals surface area contributed by atoms with E-state index in [1.165, 1.54) is 30.3 Å². The van der Waals surface area contributed by atoms with E-state index >= 15 is 0 Å². The number of sulfonamides is 1. The van der Waals surface area contributed by atoms with Gasteiger partial charge in [-0.25, -0.2) is 22.3 Å². The Hall–Kier alpha value is -3.25. The molecule has 9 nitrogen and oxygen atoms in total. The number of hydrogen-bond acceptors (Lipinski definition) is 7.